The normalized spacial score (nSPS) is 12.9. The van der Waals surface area contributed by atoms with Crippen LogP contribution in [0.4, 0.5) is 0 Å². The van der Waals surface area contributed by atoms with Crippen LogP contribution in [-0.2, 0) is 0 Å². The minimum atomic E-state index is 0.0231. The average Bonchev–Trinajstić information content (AvgIpc) is 2.35. The molecule has 14 heavy (non-hydrogen) atoms. The third-order valence-corrected chi connectivity index (χ3v) is 3.67. The Balaban J connectivity index is 3.17. The number of thiocarbonyl (C=S) groups is 1. The van der Waals surface area contributed by atoms with Gasteiger partial charge in [-0.2, -0.15) is 5.10 Å². The van der Waals surface area contributed by atoms with Gasteiger partial charge in [-0.25, -0.2) is 0 Å². The topological polar surface area (TPSA) is 43.8 Å². The van der Waals surface area contributed by atoms with Crippen molar-refractivity contribution in [2.75, 3.05) is 0 Å². The molecule has 78 valence electrons. The van der Waals surface area contributed by atoms with E-state index in [-0.39, 0.29) is 6.04 Å². The highest BCUT2D eigenvalue weighted by Crippen LogP contribution is 2.24. The van der Waals surface area contributed by atoms with Crippen molar-refractivity contribution in [1.29, 1.82) is 0 Å². The number of aromatic nitrogens is 2. The van der Waals surface area contributed by atoms with Crippen LogP contribution >= 0.6 is 28.1 Å². The standard InChI is InChI=1S/C9H14BrN3S/c1-4-7(9(11)14)13-6(3)8(10)5(2)12-13/h7H,4H2,1-3H3,(H2,11,14). The van der Waals surface area contributed by atoms with Crippen LogP contribution in [0.1, 0.15) is 30.8 Å². The molecular weight excluding hydrogens is 262 g/mol. The highest BCUT2D eigenvalue weighted by Gasteiger charge is 2.17. The summed E-state index contributed by atoms with van der Waals surface area (Å²) in [7, 11) is 0. The van der Waals surface area contributed by atoms with E-state index in [2.05, 4.69) is 21.0 Å². The molecule has 1 aromatic rings. The lowest BCUT2D eigenvalue weighted by Crippen LogP contribution is -2.25. The summed E-state index contributed by atoms with van der Waals surface area (Å²) in [5.41, 5.74) is 7.70. The van der Waals surface area contributed by atoms with E-state index in [9.17, 15) is 0 Å². The van der Waals surface area contributed by atoms with Crippen LogP contribution in [0.15, 0.2) is 4.47 Å². The Kier molecular flexibility index (Phi) is 3.66. The van der Waals surface area contributed by atoms with Gasteiger partial charge in [-0.1, -0.05) is 19.1 Å². The lowest BCUT2D eigenvalue weighted by Gasteiger charge is -2.15. The molecule has 1 atom stereocenters. The van der Waals surface area contributed by atoms with Crippen molar-refractivity contribution < 1.29 is 0 Å². The van der Waals surface area contributed by atoms with Crippen LogP contribution < -0.4 is 5.73 Å². The molecule has 1 heterocycles. The van der Waals surface area contributed by atoms with Gasteiger partial charge in [-0.15, -0.1) is 0 Å². The summed E-state index contributed by atoms with van der Waals surface area (Å²) in [5, 5.41) is 4.40. The summed E-state index contributed by atoms with van der Waals surface area (Å²) in [4.78, 5) is 0.491. The molecule has 0 bridgehead atoms. The predicted octanol–water partition coefficient (Wildman–Crippen LogP) is 2.50. The largest absolute Gasteiger partial charge is 0.392 e. The zero-order chi connectivity index (χ0) is 10.9. The maximum absolute atomic E-state index is 5.66. The van der Waals surface area contributed by atoms with Crippen molar-refractivity contribution in [2.45, 2.75) is 33.2 Å². The van der Waals surface area contributed by atoms with Crippen LogP contribution in [-0.4, -0.2) is 14.8 Å². The Morgan fingerprint density at radius 2 is 2.21 bits per heavy atom. The summed E-state index contributed by atoms with van der Waals surface area (Å²) in [5.74, 6) is 0. The first-order chi connectivity index (χ1) is 6.49. The van der Waals surface area contributed by atoms with Crippen LogP contribution in [0, 0.1) is 13.8 Å². The van der Waals surface area contributed by atoms with Crippen LogP contribution in [0.25, 0.3) is 0 Å². The van der Waals surface area contributed by atoms with Gasteiger partial charge in [0.15, 0.2) is 0 Å². The predicted molar refractivity (Wildman–Crippen MR) is 65.5 cm³/mol. The number of nitrogens with zero attached hydrogens (tertiary/aromatic N) is 2. The Labute approximate surface area is 97.8 Å². The maximum Gasteiger partial charge on any atom is 0.102 e. The molecular formula is C9H14BrN3S. The second-order valence-corrected chi connectivity index (χ2v) is 4.52. The molecule has 2 N–H and O–H groups in total. The molecule has 0 radical (unpaired) electrons. The first-order valence-corrected chi connectivity index (χ1v) is 5.69. The van der Waals surface area contributed by atoms with Crippen molar-refractivity contribution in [2.24, 2.45) is 5.73 Å². The second kappa shape index (κ2) is 4.40. The van der Waals surface area contributed by atoms with Gasteiger partial charge in [0.1, 0.15) is 6.04 Å². The van der Waals surface area contributed by atoms with Crippen molar-refractivity contribution in [3.05, 3.63) is 15.9 Å². The Hall–Kier alpha value is -0.420. The average molecular weight is 276 g/mol. The zero-order valence-electron chi connectivity index (χ0n) is 8.54. The zero-order valence-corrected chi connectivity index (χ0v) is 10.9. The second-order valence-electron chi connectivity index (χ2n) is 3.26. The minimum absolute atomic E-state index is 0.0231. The molecule has 1 aromatic heterocycles. The fourth-order valence-corrected chi connectivity index (χ4v) is 1.97. The molecule has 0 aliphatic carbocycles. The number of aryl methyl sites for hydroxylation is 1. The molecule has 0 amide bonds. The highest BCUT2D eigenvalue weighted by molar-refractivity contribution is 9.10. The van der Waals surface area contributed by atoms with Gasteiger partial charge in [0, 0.05) is 0 Å². The smallest absolute Gasteiger partial charge is 0.102 e. The molecule has 1 unspecified atom stereocenters. The summed E-state index contributed by atoms with van der Waals surface area (Å²) in [6.45, 7) is 6.01. The van der Waals surface area contributed by atoms with Crippen molar-refractivity contribution in [3.8, 4) is 0 Å². The minimum Gasteiger partial charge on any atom is -0.392 e. The van der Waals surface area contributed by atoms with E-state index >= 15 is 0 Å². The van der Waals surface area contributed by atoms with Crippen molar-refractivity contribution in [1.82, 2.24) is 9.78 Å². The fourth-order valence-electron chi connectivity index (χ4n) is 1.44. The van der Waals surface area contributed by atoms with E-state index in [1.807, 2.05) is 25.5 Å². The monoisotopic (exact) mass is 275 g/mol. The Morgan fingerprint density at radius 3 is 2.50 bits per heavy atom. The number of halogens is 1. The first kappa shape index (κ1) is 11.7. The highest BCUT2D eigenvalue weighted by atomic mass is 79.9. The van der Waals surface area contributed by atoms with E-state index in [4.69, 9.17) is 18.0 Å². The van der Waals surface area contributed by atoms with Gasteiger partial charge in [-0.3, -0.25) is 4.68 Å². The van der Waals surface area contributed by atoms with Gasteiger partial charge in [0.05, 0.1) is 20.8 Å². The molecule has 0 aliphatic rings. The Bertz CT molecular complexity index is 359. The molecule has 1 rings (SSSR count). The molecule has 0 saturated heterocycles. The quantitative estimate of drug-likeness (QED) is 0.863. The van der Waals surface area contributed by atoms with Gasteiger partial charge < -0.3 is 5.73 Å². The van der Waals surface area contributed by atoms with E-state index in [1.165, 1.54) is 0 Å². The third kappa shape index (κ3) is 1.98. The summed E-state index contributed by atoms with van der Waals surface area (Å²) in [6, 6.07) is 0.0231. The maximum atomic E-state index is 5.66. The molecule has 0 aromatic carbocycles. The lowest BCUT2D eigenvalue weighted by molar-refractivity contribution is 0.537. The Morgan fingerprint density at radius 1 is 1.64 bits per heavy atom. The van der Waals surface area contributed by atoms with Crippen LogP contribution in [0.2, 0.25) is 0 Å². The van der Waals surface area contributed by atoms with Crippen LogP contribution in [0.3, 0.4) is 0 Å². The van der Waals surface area contributed by atoms with E-state index in [1.54, 1.807) is 0 Å². The molecule has 3 nitrogen and oxygen atoms in total. The molecule has 0 spiro atoms. The van der Waals surface area contributed by atoms with Gasteiger partial charge in [0.2, 0.25) is 0 Å². The summed E-state index contributed by atoms with van der Waals surface area (Å²) >= 11 is 8.49. The molecule has 0 saturated carbocycles. The molecule has 5 heteroatoms. The van der Waals surface area contributed by atoms with E-state index < -0.39 is 0 Å². The van der Waals surface area contributed by atoms with Crippen LogP contribution in [0.5, 0.6) is 0 Å². The summed E-state index contributed by atoms with van der Waals surface area (Å²) < 4.78 is 2.93. The number of nitrogens with two attached hydrogens (primary N) is 1. The van der Waals surface area contributed by atoms with Crippen molar-refractivity contribution in [3.63, 3.8) is 0 Å². The molecule has 0 fully saturated rings. The number of rotatable bonds is 3. The number of hydrogen-bond acceptors (Lipinski definition) is 2. The first-order valence-electron chi connectivity index (χ1n) is 4.49. The van der Waals surface area contributed by atoms with E-state index in [0.29, 0.717) is 4.99 Å². The van der Waals surface area contributed by atoms with Gasteiger partial charge >= 0.3 is 0 Å². The number of hydrogen-bond donors (Lipinski definition) is 1. The van der Waals surface area contributed by atoms with Gasteiger partial charge in [0.25, 0.3) is 0 Å². The van der Waals surface area contributed by atoms with Crippen molar-refractivity contribution >= 4 is 33.1 Å². The van der Waals surface area contributed by atoms with Gasteiger partial charge in [-0.05, 0) is 36.2 Å². The fraction of sp³-hybridized carbons (Fsp3) is 0.556. The molecule has 0 aliphatic heterocycles. The SMILES string of the molecule is CCC(C(N)=S)n1nc(C)c(Br)c1C. The third-order valence-electron chi connectivity index (χ3n) is 2.25. The van der Waals surface area contributed by atoms with E-state index in [0.717, 1.165) is 22.3 Å². The summed E-state index contributed by atoms with van der Waals surface area (Å²) in [6.07, 6.45) is 0.865. The lowest BCUT2D eigenvalue weighted by atomic mass is 10.2.